The Hall–Kier alpha value is -3.78. The number of thioether (sulfide) groups is 1. The first kappa shape index (κ1) is 24.3. The largest absolute Gasteiger partial charge is 0.293 e. The molecule has 0 N–H and O–H groups in total. The van der Waals surface area contributed by atoms with Crippen LogP contribution in [0.2, 0.25) is 0 Å². The Morgan fingerprint density at radius 1 is 0.943 bits per heavy atom. The van der Waals surface area contributed by atoms with Gasteiger partial charge < -0.3 is 0 Å². The van der Waals surface area contributed by atoms with Crippen LogP contribution in [0.25, 0.3) is 17.1 Å². The summed E-state index contributed by atoms with van der Waals surface area (Å²) in [5, 5.41) is 20.3. The number of hydrogen-bond donors (Lipinski definition) is 0. The number of non-ortho nitro benzene ring substituents is 1. The Kier molecular flexibility index (Phi) is 6.84. The minimum atomic E-state index is -0.484. The fraction of sp³-hybridized carbons (Fsp3) is 0.222. The third-order valence-electron chi connectivity index (χ3n) is 5.67. The van der Waals surface area contributed by atoms with Crippen molar-refractivity contribution >= 4 is 23.2 Å². The van der Waals surface area contributed by atoms with Gasteiger partial charge in [0.05, 0.1) is 10.7 Å². The average Bonchev–Trinajstić information content (AvgIpc) is 3.26. The molecule has 8 heteroatoms. The summed E-state index contributed by atoms with van der Waals surface area (Å²) in [6, 6.07) is 22.0. The number of rotatable bonds is 7. The van der Waals surface area contributed by atoms with E-state index in [2.05, 4.69) is 43.1 Å². The van der Waals surface area contributed by atoms with E-state index in [0.717, 1.165) is 16.8 Å². The number of benzene rings is 3. The van der Waals surface area contributed by atoms with Crippen LogP contribution in [0.3, 0.4) is 0 Å². The number of aryl methyl sites for hydroxylation is 1. The number of aromatic nitrogens is 3. The van der Waals surface area contributed by atoms with Crippen LogP contribution in [0.1, 0.15) is 42.3 Å². The standard InChI is InChI=1S/C27H26N4O3S/c1-18-5-13-22(14-6-18)30-25(20-7-11-21(12-8-20)27(2,3)4)28-29-26(30)35-17-24(32)19-9-15-23(16-10-19)31(33)34/h5-16H,17H2,1-4H3. The highest BCUT2D eigenvalue weighted by molar-refractivity contribution is 7.99. The van der Waals surface area contributed by atoms with Crippen LogP contribution < -0.4 is 0 Å². The van der Waals surface area contributed by atoms with Crippen molar-refractivity contribution in [2.45, 2.75) is 38.3 Å². The van der Waals surface area contributed by atoms with Crippen LogP contribution in [0, 0.1) is 17.0 Å². The van der Waals surface area contributed by atoms with E-state index in [9.17, 15) is 14.9 Å². The zero-order chi connectivity index (χ0) is 25.2. The van der Waals surface area contributed by atoms with Gasteiger partial charge in [-0.25, -0.2) is 0 Å². The molecule has 0 saturated carbocycles. The summed E-state index contributed by atoms with van der Waals surface area (Å²) >= 11 is 1.29. The van der Waals surface area contributed by atoms with Gasteiger partial charge in [-0.3, -0.25) is 19.5 Å². The molecule has 1 aromatic heterocycles. The van der Waals surface area contributed by atoms with E-state index in [1.807, 2.05) is 47.9 Å². The minimum absolute atomic E-state index is 0.0440. The maximum atomic E-state index is 12.8. The van der Waals surface area contributed by atoms with E-state index in [-0.39, 0.29) is 22.6 Å². The molecule has 4 aromatic rings. The van der Waals surface area contributed by atoms with Crippen molar-refractivity contribution in [2.24, 2.45) is 0 Å². The molecule has 178 valence electrons. The van der Waals surface area contributed by atoms with Crippen molar-refractivity contribution in [3.8, 4) is 17.1 Å². The number of carbonyl (C=O) groups excluding carboxylic acids is 1. The highest BCUT2D eigenvalue weighted by Gasteiger charge is 2.19. The fourth-order valence-corrected chi connectivity index (χ4v) is 4.43. The third kappa shape index (κ3) is 5.49. The summed E-state index contributed by atoms with van der Waals surface area (Å²) in [7, 11) is 0. The number of nitrogens with zero attached hydrogens (tertiary/aromatic N) is 4. The first-order valence-corrected chi connectivity index (χ1v) is 12.2. The molecule has 0 unspecified atom stereocenters. The molecule has 0 spiro atoms. The monoisotopic (exact) mass is 486 g/mol. The minimum Gasteiger partial charge on any atom is -0.293 e. The van der Waals surface area contributed by atoms with Gasteiger partial charge in [-0.15, -0.1) is 10.2 Å². The summed E-state index contributed by atoms with van der Waals surface area (Å²) in [5.41, 5.74) is 4.62. The van der Waals surface area contributed by atoms with Gasteiger partial charge in [-0.2, -0.15) is 0 Å². The number of nitro benzene ring substituents is 1. The molecule has 4 rings (SSSR count). The lowest BCUT2D eigenvalue weighted by Gasteiger charge is -2.19. The smallest absolute Gasteiger partial charge is 0.269 e. The van der Waals surface area contributed by atoms with Crippen molar-refractivity contribution in [1.29, 1.82) is 0 Å². The average molecular weight is 487 g/mol. The molecular weight excluding hydrogens is 460 g/mol. The summed E-state index contributed by atoms with van der Waals surface area (Å²) in [5.74, 6) is 0.684. The van der Waals surface area contributed by atoms with E-state index in [4.69, 9.17) is 0 Å². The Morgan fingerprint density at radius 2 is 1.57 bits per heavy atom. The van der Waals surface area contributed by atoms with Gasteiger partial charge in [0.1, 0.15) is 0 Å². The van der Waals surface area contributed by atoms with E-state index in [1.54, 1.807) is 0 Å². The molecule has 0 aliphatic carbocycles. The molecule has 35 heavy (non-hydrogen) atoms. The molecule has 0 radical (unpaired) electrons. The molecule has 0 aliphatic rings. The van der Waals surface area contributed by atoms with Gasteiger partial charge in [-0.1, -0.05) is 74.5 Å². The highest BCUT2D eigenvalue weighted by Crippen LogP contribution is 2.30. The Labute approximate surface area is 208 Å². The lowest BCUT2D eigenvalue weighted by atomic mass is 9.87. The number of carbonyl (C=O) groups is 1. The van der Waals surface area contributed by atoms with Gasteiger partial charge in [-0.05, 0) is 42.2 Å². The zero-order valence-electron chi connectivity index (χ0n) is 20.1. The van der Waals surface area contributed by atoms with Crippen molar-refractivity contribution in [2.75, 3.05) is 5.75 Å². The lowest BCUT2D eigenvalue weighted by Crippen LogP contribution is -2.10. The number of ketones is 1. The third-order valence-corrected chi connectivity index (χ3v) is 6.60. The second kappa shape index (κ2) is 9.84. The Bertz CT molecular complexity index is 1350. The quantitative estimate of drug-likeness (QED) is 0.129. The summed E-state index contributed by atoms with van der Waals surface area (Å²) < 4.78 is 1.96. The maximum absolute atomic E-state index is 12.8. The van der Waals surface area contributed by atoms with Crippen molar-refractivity contribution < 1.29 is 9.72 Å². The van der Waals surface area contributed by atoms with Gasteiger partial charge >= 0.3 is 0 Å². The normalized spacial score (nSPS) is 11.4. The molecular formula is C27H26N4O3S. The summed E-state index contributed by atoms with van der Waals surface area (Å²) in [6.45, 7) is 8.55. The van der Waals surface area contributed by atoms with Crippen LogP contribution in [-0.4, -0.2) is 31.2 Å². The van der Waals surface area contributed by atoms with Crippen LogP contribution in [0.4, 0.5) is 5.69 Å². The van der Waals surface area contributed by atoms with Crippen molar-refractivity contribution in [3.05, 3.63) is 99.6 Å². The van der Waals surface area contributed by atoms with Crippen LogP contribution in [0.15, 0.2) is 78.0 Å². The van der Waals surface area contributed by atoms with Crippen molar-refractivity contribution in [3.63, 3.8) is 0 Å². The van der Waals surface area contributed by atoms with Gasteiger partial charge in [0, 0.05) is 28.9 Å². The van der Waals surface area contributed by atoms with Crippen LogP contribution >= 0.6 is 11.8 Å². The first-order chi connectivity index (χ1) is 16.6. The second-order valence-corrected chi connectivity index (χ2v) is 10.3. The highest BCUT2D eigenvalue weighted by atomic mass is 32.2. The molecule has 7 nitrogen and oxygen atoms in total. The summed E-state index contributed by atoms with van der Waals surface area (Å²) in [4.78, 5) is 23.1. The lowest BCUT2D eigenvalue weighted by molar-refractivity contribution is -0.384. The van der Waals surface area contributed by atoms with E-state index in [0.29, 0.717) is 16.5 Å². The van der Waals surface area contributed by atoms with Crippen LogP contribution in [0.5, 0.6) is 0 Å². The van der Waals surface area contributed by atoms with E-state index < -0.39 is 4.92 Å². The number of Topliss-reactive ketones (excluding diaryl/α,β-unsaturated/α-hetero) is 1. The number of hydrogen-bond acceptors (Lipinski definition) is 6. The van der Waals surface area contributed by atoms with E-state index in [1.165, 1.54) is 41.6 Å². The molecule has 0 saturated heterocycles. The molecule has 0 bridgehead atoms. The first-order valence-electron chi connectivity index (χ1n) is 11.2. The topological polar surface area (TPSA) is 90.9 Å². The molecule has 0 fully saturated rings. The van der Waals surface area contributed by atoms with Gasteiger partial charge in [0.15, 0.2) is 16.8 Å². The Morgan fingerprint density at radius 3 is 2.14 bits per heavy atom. The van der Waals surface area contributed by atoms with Crippen molar-refractivity contribution in [1.82, 2.24) is 14.8 Å². The predicted molar refractivity (Wildman–Crippen MR) is 138 cm³/mol. The fourth-order valence-electron chi connectivity index (χ4n) is 3.58. The van der Waals surface area contributed by atoms with Gasteiger partial charge in [0.25, 0.3) is 5.69 Å². The molecule has 1 heterocycles. The molecule has 0 amide bonds. The maximum Gasteiger partial charge on any atom is 0.269 e. The summed E-state index contributed by atoms with van der Waals surface area (Å²) in [6.07, 6.45) is 0. The zero-order valence-corrected chi connectivity index (χ0v) is 20.9. The van der Waals surface area contributed by atoms with E-state index >= 15 is 0 Å². The molecule has 0 atom stereocenters. The molecule has 3 aromatic carbocycles. The molecule has 0 aliphatic heterocycles. The Balaban J connectivity index is 1.64. The van der Waals surface area contributed by atoms with Crippen LogP contribution in [-0.2, 0) is 5.41 Å². The second-order valence-electron chi connectivity index (χ2n) is 9.32. The number of nitro groups is 1. The SMILES string of the molecule is Cc1ccc(-n2c(SCC(=O)c3ccc([N+](=O)[O-])cc3)nnc2-c2ccc(C(C)(C)C)cc2)cc1. The van der Waals surface area contributed by atoms with Gasteiger partial charge in [0.2, 0.25) is 0 Å². The predicted octanol–water partition coefficient (Wildman–Crippen LogP) is 6.42.